The third-order valence-corrected chi connectivity index (χ3v) is 7.97. The van der Waals surface area contributed by atoms with Crippen molar-refractivity contribution in [2.75, 3.05) is 6.26 Å². The lowest BCUT2D eigenvalue weighted by Crippen LogP contribution is -2.09. The Kier molecular flexibility index (Phi) is 11.9. The van der Waals surface area contributed by atoms with Crippen molar-refractivity contribution in [3.63, 3.8) is 0 Å². The molecule has 0 heterocycles. The minimum atomic E-state index is 0.228. The van der Waals surface area contributed by atoms with Crippen LogP contribution in [0.2, 0.25) is 0 Å². The summed E-state index contributed by atoms with van der Waals surface area (Å²) in [5, 5.41) is 9.32. The molecule has 0 atom stereocenters. The van der Waals surface area contributed by atoms with E-state index in [0.717, 1.165) is 55.8 Å². The average Bonchev–Trinajstić information content (AvgIpc) is 3.10. The molecule has 2 nitrogen and oxygen atoms in total. The molecule has 0 aliphatic rings. The van der Waals surface area contributed by atoms with E-state index in [1.807, 2.05) is 51.1 Å². The first-order chi connectivity index (χ1) is 21.6. The van der Waals surface area contributed by atoms with Gasteiger partial charge in [0.05, 0.1) is 5.71 Å². The van der Waals surface area contributed by atoms with Gasteiger partial charge in [0.15, 0.2) is 5.84 Å². The van der Waals surface area contributed by atoms with Gasteiger partial charge in [-0.05, 0) is 71.7 Å². The molecule has 5 rings (SSSR count). The van der Waals surface area contributed by atoms with E-state index < -0.39 is 0 Å². The van der Waals surface area contributed by atoms with Crippen LogP contribution in [0, 0.1) is 5.41 Å². The van der Waals surface area contributed by atoms with Crippen LogP contribution in [-0.2, 0) is 0 Å². The van der Waals surface area contributed by atoms with Crippen molar-refractivity contribution in [1.29, 1.82) is 5.41 Å². The Morgan fingerprint density at radius 3 is 1.93 bits per heavy atom. The van der Waals surface area contributed by atoms with Crippen LogP contribution in [0.4, 0.5) is 0 Å². The molecule has 0 unspecified atom stereocenters. The second-order valence-electron chi connectivity index (χ2n) is 9.83. The Morgan fingerprint density at radius 1 is 0.636 bits per heavy atom. The van der Waals surface area contributed by atoms with Gasteiger partial charge >= 0.3 is 0 Å². The van der Waals surface area contributed by atoms with Gasteiger partial charge < -0.3 is 0 Å². The highest BCUT2D eigenvalue weighted by molar-refractivity contribution is 7.98. The highest BCUT2D eigenvalue weighted by Crippen LogP contribution is 2.33. The molecule has 0 radical (unpaired) electrons. The Morgan fingerprint density at radius 2 is 1.23 bits per heavy atom. The summed E-state index contributed by atoms with van der Waals surface area (Å²) in [5.41, 5.74) is 10.1. The van der Waals surface area contributed by atoms with Crippen molar-refractivity contribution in [1.82, 2.24) is 0 Å². The molecule has 0 aromatic heterocycles. The smallest absolute Gasteiger partial charge is 0.153 e. The van der Waals surface area contributed by atoms with Gasteiger partial charge in [-0.2, -0.15) is 0 Å². The summed E-state index contributed by atoms with van der Waals surface area (Å²) in [4.78, 5) is 6.27. The van der Waals surface area contributed by atoms with Gasteiger partial charge in [0.2, 0.25) is 0 Å². The summed E-state index contributed by atoms with van der Waals surface area (Å²) in [6, 6.07) is 43.7. The zero-order valence-corrected chi connectivity index (χ0v) is 27.0. The van der Waals surface area contributed by atoms with E-state index >= 15 is 0 Å². The molecule has 0 bridgehead atoms. The van der Waals surface area contributed by atoms with Gasteiger partial charge in [0.25, 0.3) is 0 Å². The predicted octanol–water partition coefficient (Wildman–Crippen LogP) is 11.6. The van der Waals surface area contributed by atoms with Crippen molar-refractivity contribution in [2.24, 2.45) is 4.99 Å². The summed E-state index contributed by atoms with van der Waals surface area (Å²) in [7, 11) is 0. The van der Waals surface area contributed by atoms with Crippen molar-refractivity contribution in [2.45, 2.75) is 32.6 Å². The summed E-state index contributed by atoms with van der Waals surface area (Å²) >= 11 is 1.71. The molecular weight excluding hydrogens is 553 g/mol. The predicted molar refractivity (Wildman–Crippen MR) is 194 cm³/mol. The second-order valence-corrected chi connectivity index (χ2v) is 10.7. The van der Waals surface area contributed by atoms with E-state index in [1.165, 1.54) is 4.90 Å². The fraction of sp³-hybridized carbons (Fsp3) is 0.122. The largest absolute Gasteiger partial charge is 0.282 e. The van der Waals surface area contributed by atoms with Gasteiger partial charge in [0, 0.05) is 21.6 Å². The molecule has 0 saturated carbocycles. The van der Waals surface area contributed by atoms with Crippen LogP contribution in [0.3, 0.4) is 0 Å². The molecule has 5 aromatic rings. The molecule has 3 heteroatoms. The molecule has 0 aliphatic heterocycles. The number of hydrogen-bond acceptors (Lipinski definition) is 2. The zero-order valence-electron chi connectivity index (χ0n) is 26.2. The monoisotopic (exact) mass is 592 g/mol. The van der Waals surface area contributed by atoms with E-state index in [-0.39, 0.29) is 5.84 Å². The minimum Gasteiger partial charge on any atom is -0.282 e. The molecule has 5 aromatic carbocycles. The molecule has 0 saturated heterocycles. The van der Waals surface area contributed by atoms with Crippen LogP contribution >= 0.6 is 11.8 Å². The van der Waals surface area contributed by atoms with Crippen LogP contribution in [0.1, 0.15) is 49.9 Å². The van der Waals surface area contributed by atoms with Crippen LogP contribution in [0.25, 0.3) is 27.8 Å². The molecule has 0 fully saturated rings. The highest BCUT2D eigenvalue weighted by Gasteiger charge is 2.16. The highest BCUT2D eigenvalue weighted by atomic mass is 32.2. The quantitative estimate of drug-likeness (QED) is 0.0827. The lowest BCUT2D eigenvalue weighted by atomic mass is 9.94. The molecule has 44 heavy (non-hydrogen) atoms. The van der Waals surface area contributed by atoms with Crippen LogP contribution in [0.15, 0.2) is 156 Å². The van der Waals surface area contributed by atoms with Gasteiger partial charge in [0.1, 0.15) is 0 Å². The summed E-state index contributed by atoms with van der Waals surface area (Å²) in [6.45, 7) is 8.09. The fourth-order valence-corrected chi connectivity index (χ4v) is 5.73. The van der Waals surface area contributed by atoms with Crippen LogP contribution in [-0.4, -0.2) is 17.8 Å². The van der Waals surface area contributed by atoms with Gasteiger partial charge in [-0.25, -0.2) is 4.99 Å². The normalized spacial score (nSPS) is 11.7. The summed E-state index contributed by atoms with van der Waals surface area (Å²) < 4.78 is 0. The van der Waals surface area contributed by atoms with E-state index in [1.54, 1.807) is 11.8 Å². The van der Waals surface area contributed by atoms with E-state index in [2.05, 4.69) is 128 Å². The minimum absolute atomic E-state index is 0.228. The third-order valence-electron chi connectivity index (χ3n) is 7.17. The van der Waals surface area contributed by atoms with Gasteiger partial charge in [-0.15, -0.1) is 11.8 Å². The number of hydrogen-bond donors (Lipinski definition) is 1. The number of nitrogens with zero attached hydrogens (tertiary/aromatic N) is 1. The van der Waals surface area contributed by atoms with Crippen molar-refractivity contribution in [3.8, 4) is 22.3 Å². The maximum atomic E-state index is 9.32. The standard InChI is InChI=1S/C39H34N2S.C2H6/c1-4-15-28(5-2)30-18-13-20-32(26-30)38(33-21-14-19-31(27-33)29-16-7-6-8-17-29)41-39(40)36-24-10-9-22-34(36)35-23-11-12-25-37(35)42-3;1-2/h4-27,40H,1-3H3;1-2H3/b15-4-,28-5+,40-39?,41-38?;. The number of rotatable bonds is 8. The van der Waals surface area contributed by atoms with E-state index in [0.29, 0.717) is 0 Å². The maximum Gasteiger partial charge on any atom is 0.153 e. The van der Waals surface area contributed by atoms with Crippen molar-refractivity contribution >= 4 is 28.9 Å². The molecule has 0 spiro atoms. The Balaban J connectivity index is 0.00000216. The lowest BCUT2D eigenvalue weighted by Gasteiger charge is -2.15. The topological polar surface area (TPSA) is 36.2 Å². The van der Waals surface area contributed by atoms with Gasteiger partial charge in [-0.3, -0.25) is 5.41 Å². The average molecular weight is 593 g/mol. The summed E-state index contributed by atoms with van der Waals surface area (Å²) in [6.07, 6.45) is 8.38. The number of benzene rings is 5. The van der Waals surface area contributed by atoms with Gasteiger partial charge in [-0.1, -0.05) is 141 Å². The maximum absolute atomic E-state index is 9.32. The Bertz CT molecular complexity index is 1790. The molecule has 220 valence electrons. The SMILES string of the molecule is C/C=C\C(=C/C)c1cccc(C(=NC(=N)c2ccccc2-c2ccccc2SC)c2cccc(-c3ccccc3)c2)c1.CC. The number of aliphatic imine (C=N–C) groups is 1. The molecular formula is C41H40N2S. The zero-order chi connectivity index (χ0) is 31.3. The second kappa shape index (κ2) is 16.2. The van der Waals surface area contributed by atoms with E-state index in [9.17, 15) is 5.41 Å². The molecule has 0 aliphatic carbocycles. The first-order valence-electron chi connectivity index (χ1n) is 15.1. The molecule has 1 N–H and O–H groups in total. The summed E-state index contributed by atoms with van der Waals surface area (Å²) in [5.74, 6) is 0.228. The number of amidine groups is 1. The number of allylic oxidation sites excluding steroid dienone is 4. The lowest BCUT2D eigenvalue weighted by molar-refractivity contribution is 1.38. The first kappa shape index (κ1) is 32.2. The Labute approximate surface area is 267 Å². The number of thioether (sulfide) groups is 1. The van der Waals surface area contributed by atoms with E-state index in [4.69, 9.17) is 4.99 Å². The third kappa shape index (κ3) is 7.61. The van der Waals surface area contributed by atoms with Crippen molar-refractivity contribution in [3.05, 3.63) is 168 Å². The number of nitrogens with one attached hydrogen (secondary N) is 1. The van der Waals surface area contributed by atoms with Crippen molar-refractivity contribution < 1.29 is 0 Å². The molecule has 0 amide bonds. The first-order valence-corrected chi connectivity index (χ1v) is 16.3. The van der Waals surface area contributed by atoms with Crippen LogP contribution < -0.4 is 0 Å². The van der Waals surface area contributed by atoms with Crippen LogP contribution in [0.5, 0.6) is 0 Å². The Hall–Kier alpha value is -4.73. The fourth-order valence-electron chi connectivity index (χ4n) is 5.12.